The number of amides is 1. The standard InChI is InChI=1S/C23H26N4O2/c1-16(2)18-11-7-8-12-19(18)25-21-15-20(23(28)24-13-14-29-3)26-22(27-21)17-9-5-4-6-10-17/h4-12,15-16H,13-14H2,1-3H3,(H,24,28)(H,25,26,27). The van der Waals surface area contributed by atoms with E-state index in [9.17, 15) is 4.79 Å². The van der Waals surface area contributed by atoms with Crippen molar-refractivity contribution < 1.29 is 9.53 Å². The van der Waals surface area contributed by atoms with E-state index < -0.39 is 0 Å². The van der Waals surface area contributed by atoms with Crippen molar-refractivity contribution in [3.63, 3.8) is 0 Å². The summed E-state index contributed by atoms with van der Waals surface area (Å²) in [6.07, 6.45) is 0. The highest BCUT2D eigenvalue weighted by Crippen LogP contribution is 2.27. The normalized spacial score (nSPS) is 10.8. The maximum atomic E-state index is 12.6. The molecule has 0 unspecified atom stereocenters. The van der Waals surface area contributed by atoms with E-state index in [1.54, 1.807) is 13.2 Å². The van der Waals surface area contributed by atoms with Gasteiger partial charge in [0.15, 0.2) is 5.82 Å². The van der Waals surface area contributed by atoms with Crippen LogP contribution < -0.4 is 10.6 Å². The van der Waals surface area contributed by atoms with Gasteiger partial charge in [-0.25, -0.2) is 9.97 Å². The number of hydrogen-bond donors (Lipinski definition) is 2. The molecule has 6 heteroatoms. The van der Waals surface area contributed by atoms with Crippen LogP contribution in [0.15, 0.2) is 60.7 Å². The topological polar surface area (TPSA) is 76.1 Å². The molecule has 6 nitrogen and oxygen atoms in total. The molecule has 0 aliphatic heterocycles. The van der Waals surface area contributed by atoms with Crippen LogP contribution in [-0.2, 0) is 4.74 Å². The highest BCUT2D eigenvalue weighted by Gasteiger charge is 2.14. The van der Waals surface area contributed by atoms with Crippen molar-refractivity contribution in [2.24, 2.45) is 0 Å². The molecule has 0 saturated carbocycles. The summed E-state index contributed by atoms with van der Waals surface area (Å²) in [6, 6.07) is 19.4. The van der Waals surface area contributed by atoms with Crippen LogP contribution in [-0.4, -0.2) is 36.1 Å². The zero-order valence-electron chi connectivity index (χ0n) is 17.0. The Morgan fingerprint density at radius 3 is 2.48 bits per heavy atom. The van der Waals surface area contributed by atoms with Crippen LogP contribution in [0.4, 0.5) is 11.5 Å². The van der Waals surface area contributed by atoms with Crippen LogP contribution in [0, 0.1) is 0 Å². The van der Waals surface area contributed by atoms with Crippen LogP contribution in [0.5, 0.6) is 0 Å². The number of para-hydroxylation sites is 1. The molecule has 0 bridgehead atoms. The average molecular weight is 390 g/mol. The quantitative estimate of drug-likeness (QED) is 0.558. The predicted molar refractivity (Wildman–Crippen MR) is 115 cm³/mol. The second kappa shape index (κ2) is 9.80. The first-order valence-corrected chi connectivity index (χ1v) is 9.66. The maximum Gasteiger partial charge on any atom is 0.270 e. The summed E-state index contributed by atoms with van der Waals surface area (Å²) < 4.78 is 5.00. The van der Waals surface area contributed by atoms with Gasteiger partial charge in [-0.3, -0.25) is 4.79 Å². The molecule has 3 aromatic rings. The van der Waals surface area contributed by atoms with Gasteiger partial charge in [-0.15, -0.1) is 0 Å². The number of carbonyl (C=O) groups is 1. The summed E-state index contributed by atoms with van der Waals surface area (Å²) in [4.78, 5) is 21.7. The van der Waals surface area contributed by atoms with Crippen molar-refractivity contribution in [2.45, 2.75) is 19.8 Å². The molecule has 0 aliphatic carbocycles. The number of anilines is 2. The molecule has 0 radical (unpaired) electrons. The average Bonchev–Trinajstić information content (AvgIpc) is 2.74. The Labute approximate surface area is 171 Å². The number of benzene rings is 2. The van der Waals surface area contributed by atoms with Gasteiger partial charge in [-0.05, 0) is 17.5 Å². The van der Waals surface area contributed by atoms with Gasteiger partial charge in [-0.2, -0.15) is 0 Å². The molecule has 1 heterocycles. The van der Waals surface area contributed by atoms with Crippen molar-refractivity contribution in [2.75, 3.05) is 25.6 Å². The minimum atomic E-state index is -0.262. The minimum absolute atomic E-state index is 0.262. The van der Waals surface area contributed by atoms with Crippen molar-refractivity contribution in [3.8, 4) is 11.4 Å². The summed E-state index contributed by atoms with van der Waals surface area (Å²) >= 11 is 0. The monoisotopic (exact) mass is 390 g/mol. The summed E-state index contributed by atoms with van der Waals surface area (Å²) in [6.45, 7) is 5.14. The molecule has 0 fully saturated rings. The van der Waals surface area contributed by atoms with E-state index in [1.807, 2.05) is 48.5 Å². The summed E-state index contributed by atoms with van der Waals surface area (Å²) in [5, 5.41) is 6.19. The SMILES string of the molecule is COCCNC(=O)c1cc(Nc2ccccc2C(C)C)nc(-c2ccccc2)n1. The Balaban J connectivity index is 1.98. The predicted octanol–water partition coefficient (Wildman–Crippen LogP) is 4.39. The molecule has 0 atom stereocenters. The maximum absolute atomic E-state index is 12.6. The van der Waals surface area contributed by atoms with E-state index in [2.05, 4.69) is 40.5 Å². The third-order valence-corrected chi connectivity index (χ3v) is 4.43. The molecule has 2 N–H and O–H groups in total. The third kappa shape index (κ3) is 5.39. The summed E-state index contributed by atoms with van der Waals surface area (Å²) in [7, 11) is 1.60. The van der Waals surface area contributed by atoms with E-state index in [1.165, 1.54) is 5.56 Å². The number of nitrogens with zero attached hydrogens (tertiary/aromatic N) is 2. The van der Waals surface area contributed by atoms with Gasteiger partial charge in [0.2, 0.25) is 0 Å². The van der Waals surface area contributed by atoms with Crippen molar-refractivity contribution in [3.05, 3.63) is 71.9 Å². The lowest BCUT2D eigenvalue weighted by atomic mass is 10.0. The van der Waals surface area contributed by atoms with Crippen molar-refractivity contribution in [1.82, 2.24) is 15.3 Å². The highest BCUT2D eigenvalue weighted by atomic mass is 16.5. The lowest BCUT2D eigenvalue weighted by molar-refractivity contribution is 0.0932. The first-order valence-electron chi connectivity index (χ1n) is 9.66. The Morgan fingerprint density at radius 1 is 1.03 bits per heavy atom. The van der Waals surface area contributed by atoms with E-state index in [-0.39, 0.29) is 5.91 Å². The number of nitrogens with one attached hydrogen (secondary N) is 2. The van der Waals surface area contributed by atoms with Crippen molar-refractivity contribution >= 4 is 17.4 Å². The van der Waals surface area contributed by atoms with Crippen LogP contribution in [0.3, 0.4) is 0 Å². The number of aromatic nitrogens is 2. The molecule has 1 aromatic heterocycles. The van der Waals surface area contributed by atoms with Gasteiger partial charge in [0, 0.05) is 31.0 Å². The Hall–Kier alpha value is -3.25. The molecular formula is C23H26N4O2. The first-order chi connectivity index (χ1) is 14.1. The third-order valence-electron chi connectivity index (χ3n) is 4.43. The van der Waals surface area contributed by atoms with E-state index in [4.69, 9.17) is 4.74 Å². The Morgan fingerprint density at radius 2 is 1.76 bits per heavy atom. The smallest absolute Gasteiger partial charge is 0.270 e. The van der Waals surface area contributed by atoms with Gasteiger partial charge in [-0.1, -0.05) is 62.4 Å². The first kappa shape index (κ1) is 20.5. The minimum Gasteiger partial charge on any atom is -0.383 e. The van der Waals surface area contributed by atoms with Crippen LogP contribution >= 0.6 is 0 Å². The number of methoxy groups -OCH3 is 1. The Bertz CT molecular complexity index is 958. The lowest BCUT2D eigenvalue weighted by Crippen LogP contribution is -2.28. The van der Waals surface area contributed by atoms with Crippen LogP contribution in [0.2, 0.25) is 0 Å². The molecule has 0 spiro atoms. The van der Waals surface area contributed by atoms with Gasteiger partial charge in [0.1, 0.15) is 11.5 Å². The van der Waals surface area contributed by atoms with Gasteiger partial charge < -0.3 is 15.4 Å². The molecule has 150 valence electrons. The van der Waals surface area contributed by atoms with Crippen molar-refractivity contribution in [1.29, 1.82) is 0 Å². The molecule has 3 rings (SSSR count). The van der Waals surface area contributed by atoms with E-state index in [0.29, 0.717) is 36.4 Å². The van der Waals surface area contributed by atoms with E-state index >= 15 is 0 Å². The van der Waals surface area contributed by atoms with Gasteiger partial charge >= 0.3 is 0 Å². The molecule has 0 saturated heterocycles. The summed E-state index contributed by atoms with van der Waals surface area (Å²) in [5.41, 5.74) is 3.29. The van der Waals surface area contributed by atoms with Crippen LogP contribution in [0.1, 0.15) is 35.8 Å². The number of carbonyl (C=O) groups excluding carboxylic acids is 1. The molecule has 29 heavy (non-hydrogen) atoms. The largest absolute Gasteiger partial charge is 0.383 e. The molecular weight excluding hydrogens is 364 g/mol. The zero-order valence-corrected chi connectivity index (χ0v) is 17.0. The number of rotatable bonds is 8. The molecule has 1 amide bonds. The second-order valence-corrected chi connectivity index (χ2v) is 6.94. The fraction of sp³-hybridized carbons (Fsp3) is 0.261. The molecule has 2 aromatic carbocycles. The highest BCUT2D eigenvalue weighted by molar-refractivity contribution is 5.93. The van der Waals surface area contributed by atoms with Crippen LogP contribution in [0.25, 0.3) is 11.4 Å². The van der Waals surface area contributed by atoms with Gasteiger partial charge in [0.05, 0.1) is 6.61 Å². The second-order valence-electron chi connectivity index (χ2n) is 6.94. The molecule has 0 aliphatic rings. The fourth-order valence-corrected chi connectivity index (χ4v) is 2.95. The summed E-state index contributed by atoms with van der Waals surface area (Å²) in [5.74, 6) is 1.16. The van der Waals surface area contributed by atoms with E-state index in [0.717, 1.165) is 11.3 Å². The lowest BCUT2D eigenvalue weighted by Gasteiger charge is -2.15. The number of ether oxygens (including phenoxy) is 1. The number of hydrogen-bond acceptors (Lipinski definition) is 5. The Kier molecular flexibility index (Phi) is 6.92. The van der Waals surface area contributed by atoms with Gasteiger partial charge in [0.25, 0.3) is 5.91 Å². The zero-order chi connectivity index (χ0) is 20.6. The fourth-order valence-electron chi connectivity index (χ4n) is 2.95.